The molecule has 1 heterocycles. The first-order valence-electron chi connectivity index (χ1n) is 11.8. The Morgan fingerprint density at radius 1 is 1.06 bits per heavy atom. The van der Waals surface area contributed by atoms with Gasteiger partial charge in [-0.2, -0.15) is 0 Å². The van der Waals surface area contributed by atoms with E-state index in [9.17, 15) is 14.0 Å². The summed E-state index contributed by atoms with van der Waals surface area (Å²) in [4.78, 5) is 29.6. The zero-order chi connectivity index (χ0) is 25.9. The summed E-state index contributed by atoms with van der Waals surface area (Å²) in [6, 6.07) is 16.0. The number of urea groups is 1. The summed E-state index contributed by atoms with van der Waals surface area (Å²) in [6.07, 6.45) is 0.569. The number of furan rings is 1. The predicted molar refractivity (Wildman–Crippen MR) is 137 cm³/mol. The summed E-state index contributed by atoms with van der Waals surface area (Å²) in [5.74, 6) is 0.731. The molecule has 0 saturated heterocycles. The van der Waals surface area contributed by atoms with Crippen LogP contribution in [0.15, 0.2) is 65.1 Å². The molecule has 9 heteroatoms. The maximum Gasteiger partial charge on any atom is 0.322 e. The van der Waals surface area contributed by atoms with Crippen LogP contribution in [0.5, 0.6) is 0 Å². The predicted octanol–water partition coefficient (Wildman–Crippen LogP) is 5.87. The minimum absolute atomic E-state index is 0.153. The molecule has 0 saturated carbocycles. The van der Waals surface area contributed by atoms with Crippen LogP contribution in [0.3, 0.4) is 0 Å². The number of rotatable bonds is 12. The number of aryl methyl sites for hydroxylation is 1. The van der Waals surface area contributed by atoms with Crippen molar-refractivity contribution in [3.05, 3.63) is 88.6 Å². The monoisotopic (exact) mass is 515 g/mol. The van der Waals surface area contributed by atoms with Gasteiger partial charge in [0, 0.05) is 37.0 Å². The molecule has 3 rings (SSSR count). The summed E-state index contributed by atoms with van der Waals surface area (Å²) in [5.41, 5.74) is 1.29. The molecule has 36 heavy (non-hydrogen) atoms. The Hall–Kier alpha value is -3.36. The lowest BCUT2D eigenvalue weighted by atomic mass is 10.2. The quantitative estimate of drug-likeness (QED) is 0.306. The molecule has 192 valence electrons. The zero-order valence-electron chi connectivity index (χ0n) is 20.5. The third-order valence-electron chi connectivity index (χ3n) is 5.39. The first-order chi connectivity index (χ1) is 17.3. The molecule has 2 aromatic carbocycles. The highest BCUT2D eigenvalue weighted by molar-refractivity contribution is 6.30. The van der Waals surface area contributed by atoms with Crippen molar-refractivity contribution in [2.45, 2.75) is 33.4 Å². The van der Waals surface area contributed by atoms with E-state index in [0.29, 0.717) is 42.6 Å². The molecule has 7 nitrogen and oxygen atoms in total. The second-order valence-corrected chi connectivity index (χ2v) is 8.74. The molecule has 1 N–H and O–H groups in total. The number of halogens is 2. The Labute approximate surface area is 215 Å². The van der Waals surface area contributed by atoms with Gasteiger partial charge in [0.1, 0.15) is 23.9 Å². The smallest absolute Gasteiger partial charge is 0.322 e. The second-order valence-electron chi connectivity index (χ2n) is 8.30. The first kappa shape index (κ1) is 27.2. The molecule has 0 atom stereocenters. The van der Waals surface area contributed by atoms with E-state index in [1.807, 2.05) is 26.0 Å². The van der Waals surface area contributed by atoms with E-state index >= 15 is 0 Å². The topological polar surface area (TPSA) is 75.0 Å². The van der Waals surface area contributed by atoms with Gasteiger partial charge in [0.05, 0.1) is 6.54 Å². The highest BCUT2D eigenvalue weighted by atomic mass is 35.5. The van der Waals surface area contributed by atoms with Gasteiger partial charge in [0.2, 0.25) is 5.91 Å². The molecule has 0 bridgehead atoms. The van der Waals surface area contributed by atoms with Crippen LogP contribution in [-0.4, -0.2) is 48.0 Å². The normalized spacial score (nSPS) is 10.8. The third kappa shape index (κ3) is 8.70. The lowest BCUT2D eigenvalue weighted by Crippen LogP contribution is -2.44. The van der Waals surface area contributed by atoms with E-state index in [4.69, 9.17) is 20.8 Å². The van der Waals surface area contributed by atoms with Crippen molar-refractivity contribution in [3.63, 3.8) is 0 Å². The summed E-state index contributed by atoms with van der Waals surface area (Å²) >= 11 is 6.04. The fourth-order valence-electron chi connectivity index (χ4n) is 3.59. The number of nitrogens with one attached hydrogen (secondary N) is 1. The maximum absolute atomic E-state index is 13.5. The molecule has 3 aromatic rings. The fourth-order valence-corrected chi connectivity index (χ4v) is 3.78. The number of nitrogens with zero attached hydrogens (tertiary/aromatic N) is 2. The van der Waals surface area contributed by atoms with Gasteiger partial charge >= 0.3 is 6.03 Å². The van der Waals surface area contributed by atoms with Crippen molar-refractivity contribution in [1.29, 1.82) is 0 Å². The summed E-state index contributed by atoms with van der Waals surface area (Å²) in [5, 5.41) is 3.30. The van der Waals surface area contributed by atoms with Crippen molar-refractivity contribution >= 4 is 29.2 Å². The van der Waals surface area contributed by atoms with E-state index in [2.05, 4.69) is 5.32 Å². The number of anilines is 1. The Morgan fingerprint density at radius 2 is 1.83 bits per heavy atom. The molecular formula is C27H31ClFN3O4. The number of amides is 3. The van der Waals surface area contributed by atoms with Crippen LogP contribution in [-0.2, 0) is 22.6 Å². The zero-order valence-corrected chi connectivity index (χ0v) is 21.3. The second kappa shape index (κ2) is 13.7. The van der Waals surface area contributed by atoms with Crippen molar-refractivity contribution in [2.75, 3.05) is 31.6 Å². The molecular weight excluding hydrogens is 485 g/mol. The largest absolute Gasteiger partial charge is 0.464 e. The van der Waals surface area contributed by atoms with Crippen molar-refractivity contribution in [2.24, 2.45) is 0 Å². The van der Waals surface area contributed by atoms with Crippen molar-refractivity contribution in [3.8, 4) is 0 Å². The van der Waals surface area contributed by atoms with Crippen LogP contribution in [0.2, 0.25) is 5.02 Å². The molecule has 0 aliphatic rings. The lowest BCUT2D eigenvalue weighted by molar-refractivity contribution is -0.133. The van der Waals surface area contributed by atoms with E-state index in [1.54, 1.807) is 41.3 Å². The molecule has 0 aliphatic carbocycles. The molecule has 0 aliphatic heterocycles. The Kier molecular flexibility index (Phi) is 10.3. The van der Waals surface area contributed by atoms with Gasteiger partial charge in [-0.25, -0.2) is 9.18 Å². The van der Waals surface area contributed by atoms with Crippen LogP contribution >= 0.6 is 11.6 Å². The van der Waals surface area contributed by atoms with Gasteiger partial charge < -0.3 is 24.3 Å². The molecule has 0 fully saturated rings. The third-order valence-corrected chi connectivity index (χ3v) is 5.63. The van der Waals surface area contributed by atoms with Crippen LogP contribution in [0.1, 0.15) is 30.4 Å². The molecule has 3 amide bonds. The fraction of sp³-hybridized carbons (Fsp3) is 0.333. The Morgan fingerprint density at radius 3 is 2.50 bits per heavy atom. The SMILES string of the molecule is CCOCCCN(CC(=O)N(Cc1ccc(F)cc1)Cc1ccc(C)o1)C(=O)Nc1cccc(Cl)c1. The highest BCUT2D eigenvalue weighted by Crippen LogP contribution is 2.17. The van der Waals surface area contributed by atoms with Gasteiger partial charge in [-0.15, -0.1) is 0 Å². The first-order valence-corrected chi connectivity index (χ1v) is 12.2. The summed E-state index contributed by atoms with van der Waals surface area (Å²) in [6.45, 7) is 5.39. The standard InChI is InChI=1S/C27H31ClFN3O4/c1-3-35-15-5-14-31(27(34)30-24-7-4-6-22(28)16-24)19-26(33)32(18-25-13-8-20(2)36-25)17-21-9-11-23(29)12-10-21/h4,6-13,16H,3,5,14-15,17-19H2,1-2H3,(H,30,34). The van der Waals surface area contributed by atoms with Gasteiger partial charge in [-0.1, -0.05) is 29.8 Å². The highest BCUT2D eigenvalue weighted by Gasteiger charge is 2.23. The number of benzene rings is 2. The van der Waals surface area contributed by atoms with E-state index in [-0.39, 0.29) is 31.4 Å². The molecule has 1 aromatic heterocycles. The summed E-state index contributed by atoms with van der Waals surface area (Å²) < 4.78 is 24.5. The van der Waals surface area contributed by atoms with Gasteiger partial charge in [0.15, 0.2) is 0 Å². The van der Waals surface area contributed by atoms with Crippen LogP contribution in [0.4, 0.5) is 14.9 Å². The van der Waals surface area contributed by atoms with Crippen LogP contribution < -0.4 is 5.32 Å². The van der Waals surface area contributed by atoms with Crippen molar-refractivity contribution in [1.82, 2.24) is 9.80 Å². The number of carbonyl (C=O) groups is 2. The number of hydrogen-bond acceptors (Lipinski definition) is 4. The van der Waals surface area contributed by atoms with E-state index < -0.39 is 6.03 Å². The minimum atomic E-state index is -0.419. The van der Waals surface area contributed by atoms with E-state index in [1.165, 1.54) is 17.0 Å². The van der Waals surface area contributed by atoms with Gasteiger partial charge in [-0.05, 0) is 68.3 Å². The Bertz CT molecular complexity index is 1140. The molecule has 0 radical (unpaired) electrons. The van der Waals surface area contributed by atoms with Crippen molar-refractivity contribution < 1.29 is 23.1 Å². The molecule has 0 spiro atoms. The average molecular weight is 516 g/mol. The minimum Gasteiger partial charge on any atom is -0.464 e. The van der Waals surface area contributed by atoms with Crippen LogP contribution in [0.25, 0.3) is 0 Å². The summed E-state index contributed by atoms with van der Waals surface area (Å²) in [7, 11) is 0. The van der Waals surface area contributed by atoms with Gasteiger partial charge in [-0.3, -0.25) is 4.79 Å². The number of carbonyl (C=O) groups excluding carboxylic acids is 2. The lowest BCUT2D eigenvalue weighted by Gasteiger charge is -2.27. The molecule has 0 unspecified atom stereocenters. The van der Waals surface area contributed by atoms with Crippen LogP contribution in [0, 0.1) is 12.7 Å². The number of ether oxygens (including phenoxy) is 1. The average Bonchev–Trinajstić information content (AvgIpc) is 3.26. The van der Waals surface area contributed by atoms with E-state index in [0.717, 1.165) is 11.3 Å². The number of hydrogen-bond donors (Lipinski definition) is 1. The Balaban J connectivity index is 1.76. The maximum atomic E-state index is 13.5. The van der Waals surface area contributed by atoms with Gasteiger partial charge in [0.25, 0.3) is 0 Å².